The number of rotatable bonds is 1. The van der Waals surface area contributed by atoms with E-state index >= 15 is 0 Å². The highest BCUT2D eigenvalue weighted by molar-refractivity contribution is 7.09. The average molecular weight is 285 g/mol. The Labute approximate surface area is 122 Å². The van der Waals surface area contributed by atoms with E-state index in [4.69, 9.17) is 5.73 Å². The van der Waals surface area contributed by atoms with Crippen LogP contribution < -0.4 is 16.0 Å². The number of benzene rings is 1. The van der Waals surface area contributed by atoms with Gasteiger partial charge in [-0.15, -0.1) is 0 Å². The van der Waals surface area contributed by atoms with Crippen molar-refractivity contribution in [3.63, 3.8) is 0 Å². The quantitative estimate of drug-likeness (QED) is 0.763. The van der Waals surface area contributed by atoms with Crippen LogP contribution in [-0.4, -0.2) is 35.5 Å². The van der Waals surface area contributed by atoms with Crippen LogP contribution >= 0.6 is 11.5 Å². The first kappa shape index (κ1) is 12.9. The lowest BCUT2D eigenvalue weighted by Gasteiger charge is -2.29. The highest BCUT2D eigenvalue weighted by atomic mass is 32.1. The molecule has 6 heteroatoms. The number of nitrogens with zero attached hydrogens (tertiary/aromatic N) is 3. The van der Waals surface area contributed by atoms with E-state index in [0.29, 0.717) is 11.0 Å². The number of aromatic nitrogens is 2. The number of nitrogens with one attached hydrogen (secondary N) is 1. The summed E-state index contributed by atoms with van der Waals surface area (Å²) < 4.78 is 4.04. The highest BCUT2D eigenvalue weighted by Crippen LogP contribution is 2.15. The van der Waals surface area contributed by atoms with Crippen molar-refractivity contribution in [3.05, 3.63) is 35.7 Å². The van der Waals surface area contributed by atoms with Gasteiger partial charge in [0.25, 0.3) is 0 Å². The third-order valence-corrected chi connectivity index (χ3v) is 3.65. The maximum absolute atomic E-state index is 5.52. The summed E-state index contributed by atoms with van der Waals surface area (Å²) in [6.07, 6.45) is 0. The zero-order valence-electron chi connectivity index (χ0n) is 11.0. The Bertz CT molecular complexity index is 632. The van der Waals surface area contributed by atoms with Gasteiger partial charge in [0.2, 0.25) is 11.0 Å². The molecule has 1 aliphatic heterocycles. The maximum atomic E-state index is 5.52. The van der Waals surface area contributed by atoms with Gasteiger partial charge in [-0.25, -0.2) is 0 Å². The summed E-state index contributed by atoms with van der Waals surface area (Å²) in [6, 6.07) is 8.27. The highest BCUT2D eigenvalue weighted by Gasteiger charge is 2.09. The summed E-state index contributed by atoms with van der Waals surface area (Å²) in [6.45, 7) is 4.18. The van der Waals surface area contributed by atoms with Crippen molar-refractivity contribution in [3.8, 4) is 11.8 Å². The molecule has 3 rings (SSSR count). The molecule has 102 valence electrons. The number of hydrogen-bond acceptors (Lipinski definition) is 6. The van der Waals surface area contributed by atoms with E-state index in [9.17, 15) is 0 Å². The second-order valence-corrected chi connectivity index (χ2v) is 5.27. The molecule has 0 aliphatic carbocycles. The summed E-state index contributed by atoms with van der Waals surface area (Å²) in [4.78, 5) is 6.38. The predicted octanol–water partition coefficient (Wildman–Crippen LogP) is 0.930. The third kappa shape index (κ3) is 3.07. The van der Waals surface area contributed by atoms with Gasteiger partial charge in [0.1, 0.15) is 0 Å². The van der Waals surface area contributed by atoms with Crippen molar-refractivity contribution in [2.45, 2.75) is 0 Å². The van der Waals surface area contributed by atoms with Gasteiger partial charge in [0.05, 0.1) is 0 Å². The number of nitrogens with two attached hydrogens (primary N) is 1. The normalized spacial score (nSPS) is 14.7. The van der Waals surface area contributed by atoms with E-state index in [1.807, 2.05) is 12.1 Å². The Morgan fingerprint density at radius 3 is 2.55 bits per heavy atom. The minimum Gasteiger partial charge on any atom is -0.374 e. The van der Waals surface area contributed by atoms with Gasteiger partial charge in [-0.1, -0.05) is 5.92 Å². The summed E-state index contributed by atoms with van der Waals surface area (Å²) in [5.74, 6) is 6.45. The summed E-state index contributed by atoms with van der Waals surface area (Å²) in [7, 11) is 0. The van der Waals surface area contributed by atoms with Crippen molar-refractivity contribution < 1.29 is 0 Å². The van der Waals surface area contributed by atoms with Crippen molar-refractivity contribution in [1.82, 2.24) is 14.7 Å². The fourth-order valence-electron chi connectivity index (χ4n) is 2.09. The van der Waals surface area contributed by atoms with Gasteiger partial charge in [-0.05, 0) is 30.2 Å². The predicted molar refractivity (Wildman–Crippen MR) is 81.8 cm³/mol. The van der Waals surface area contributed by atoms with Gasteiger partial charge >= 0.3 is 0 Å². The van der Waals surface area contributed by atoms with Crippen LogP contribution in [0.3, 0.4) is 0 Å². The second-order valence-electron chi connectivity index (χ2n) is 4.49. The van der Waals surface area contributed by atoms with Crippen LogP contribution in [0, 0.1) is 11.8 Å². The summed E-state index contributed by atoms with van der Waals surface area (Å²) >= 11 is 1.16. The molecule has 0 amide bonds. The number of piperazine rings is 1. The number of nitrogen functional groups attached to an aromatic ring is 1. The molecule has 3 N–H and O–H groups in total. The Morgan fingerprint density at radius 2 is 1.90 bits per heavy atom. The fourth-order valence-corrected chi connectivity index (χ4v) is 2.49. The minimum absolute atomic E-state index is 0.448. The van der Waals surface area contributed by atoms with E-state index in [1.54, 1.807) is 0 Å². The van der Waals surface area contributed by atoms with E-state index in [1.165, 1.54) is 5.69 Å². The van der Waals surface area contributed by atoms with Crippen LogP contribution in [0.15, 0.2) is 24.3 Å². The molecule has 0 atom stereocenters. The molecule has 1 aliphatic rings. The van der Waals surface area contributed by atoms with Crippen molar-refractivity contribution in [1.29, 1.82) is 0 Å². The van der Waals surface area contributed by atoms with E-state index in [2.05, 4.69) is 43.5 Å². The first-order valence-corrected chi connectivity index (χ1v) is 7.25. The molecule has 1 aromatic carbocycles. The zero-order valence-corrected chi connectivity index (χ0v) is 11.8. The van der Waals surface area contributed by atoms with Gasteiger partial charge in [-0.3, -0.25) is 0 Å². The standard InChI is InChI=1S/C14H15N5S/c15-14-17-13(18-20-14)6-3-11-1-4-12(5-2-11)19-9-7-16-8-10-19/h1-2,4-5,16H,7-10H2,(H2,15,17,18). The zero-order chi connectivity index (χ0) is 13.8. The average Bonchev–Trinajstić information content (AvgIpc) is 2.92. The molecule has 0 radical (unpaired) electrons. The first-order chi connectivity index (χ1) is 9.81. The number of hydrogen-bond donors (Lipinski definition) is 2. The molecule has 0 saturated carbocycles. The molecule has 1 fully saturated rings. The molecule has 0 bridgehead atoms. The van der Waals surface area contributed by atoms with Crippen LogP contribution in [0.4, 0.5) is 10.8 Å². The monoisotopic (exact) mass is 285 g/mol. The first-order valence-electron chi connectivity index (χ1n) is 6.48. The summed E-state index contributed by atoms with van der Waals surface area (Å²) in [5, 5.41) is 3.80. The fraction of sp³-hybridized carbons (Fsp3) is 0.286. The van der Waals surface area contributed by atoms with Gasteiger partial charge in [-0.2, -0.15) is 9.36 Å². The Balaban J connectivity index is 1.71. The van der Waals surface area contributed by atoms with Crippen molar-refractivity contribution in [2.24, 2.45) is 0 Å². The molecule has 0 spiro atoms. The van der Waals surface area contributed by atoms with Crippen LogP contribution in [0.25, 0.3) is 0 Å². The molecule has 0 unspecified atom stereocenters. The molecule has 1 aromatic heterocycles. The lowest BCUT2D eigenvalue weighted by atomic mass is 10.2. The lowest BCUT2D eigenvalue weighted by Crippen LogP contribution is -2.43. The molecular weight excluding hydrogens is 270 g/mol. The Kier molecular flexibility index (Phi) is 3.81. The largest absolute Gasteiger partial charge is 0.374 e. The topological polar surface area (TPSA) is 67.1 Å². The molecule has 2 aromatic rings. The SMILES string of the molecule is Nc1nc(C#Cc2ccc(N3CCNCC3)cc2)ns1. The van der Waals surface area contributed by atoms with Crippen molar-refractivity contribution >= 4 is 22.4 Å². The molecule has 20 heavy (non-hydrogen) atoms. The molecular formula is C14H15N5S. The minimum atomic E-state index is 0.448. The van der Waals surface area contributed by atoms with E-state index in [-0.39, 0.29) is 0 Å². The van der Waals surface area contributed by atoms with Gasteiger partial charge < -0.3 is 16.0 Å². The molecule has 5 nitrogen and oxygen atoms in total. The van der Waals surface area contributed by atoms with Crippen LogP contribution in [0.2, 0.25) is 0 Å². The molecule has 2 heterocycles. The third-order valence-electron chi connectivity index (χ3n) is 3.11. The maximum Gasteiger partial charge on any atom is 0.219 e. The Hall–Kier alpha value is -2.10. The van der Waals surface area contributed by atoms with Crippen molar-refractivity contribution in [2.75, 3.05) is 36.8 Å². The number of anilines is 2. The smallest absolute Gasteiger partial charge is 0.219 e. The molecule has 1 saturated heterocycles. The van der Waals surface area contributed by atoms with Crippen LogP contribution in [-0.2, 0) is 0 Å². The second kappa shape index (κ2) is 5.90. The van der Waals surface area contributed by atoms with Gasteiger partial charge in [0.15, 0.2) is 0 Å². The van der Waals surface area contributed by atoms with Crippen LogP contribution in [0.1, 0.15) is 11.4 Å². The Morgan fingerprint density at radius 1 is 1.15 bits per heavy atom. The van der Waals surface area contributed by atoms with Crippen LogP contribution in [0.5, 0.6) is 0 Å². The lowest BCUT2D eigenvalue weighted by molar-refractivity contribution is 0.589. The van der Waals surface area contributed by atoms with E-state index in [0.717, 1.165) is 43.3 Å². The summed E-state index contributed by atoms with van der Waals surface area (Å²) in [5.41, 5.74) is 7.72. The van der Waals surface area contributed by atoms with E-state index < -0.39 is 0 Å². The van der Waals surface area contributed by atoms with Gasteiger partial charge in [0, 0.05) is 49.0 Å².